The summed E-state index contributed by atoms with van der Waals surface area (Å²) in [5.74, 6) is 0.0729. The Bertz CT molecular complexity index is 681. The van der Waals surface area contributed by atoms with Gasteiger partial charge >= 0.3 is 0 Å². The molecule has 5 nitrogen and oxygen atoms in total. The van der Waals surface area contributed by atoms with Gasteiger partial charge in [0.2, 0.25) is 0 Å². The molecule has 126 valence electrons. The molecule has 0 bridgehead atoms. The summed E-state index contributed by atoms with van der Waals surface area (Å²) in [4.78, 5) is 0. The van der Waals surface area contributed by atoms with E-state index < -0.39 is 0 Å². The van der Waals surface area contributed by atoms with E-state index in [1.54, 1.807) is 0 Å². The first-order valence-corrected chi connectivity index (χ1v) is 8.54. The monoisotopic (exact) mass is 331 g/mol. The molecule has 0 aromatic carbocycles. The maximum Gasteiger partial charge on any atom is 0.0625 e. The smallest absolute Gasteiger partial charge is 0.0625 e. The lowest BCUT2D eigenvalue weighted by Crippen LogP contribution is -2.06. The third-order valence-corrected chi connectivity index (χ3v) is 4.51. The van der Waals surface area contributed by atoms with E-state index in [1.807, 2.05) is 0 Å². The summed E-state index contributed by atoms with van der Waals surface area (Å²) < 4.78 is 0. The topological polar surface area (TPSA) is 119 Å². The summed E-state index contributed by atoms with van der Waals surface area (Å²) in [5.41, 5.74) is 4.49. The molecule has 0 saturated heterocycles. The molecule has 0 radical (unpaired) electrons. The van der Waals surface area contributed by atoms with Gasteiger partial charge in [0.25, 0.3) is 0 Å². The number of nitriles is 5. The zero-order chi connectivity index (χ0) is 18.5. The normalized spacial score (nSPS) is 13.7. The van der Waals surface area contributed by atoms with Gasteiger partial charge in [-0.25, -0.2) is 0 Å². The highest BCUT2D eigenvalue weighted by molar-refractivity contribution is 5.50. The fraction of sp³-hybridized carbons (Fsp3) is 0.550. The molecule has 0 aromatic rings. The average Bonchev–Trinajstić information content (AvgIpc) is 2.90. The van der Waals surface area contributed by atoms with Gasteiger partial charge in [-0.05, 0) is 43.3 Å². The maximum absolute atomic E-state index is 8.99. The molecule has 0 unspecified atom stereocenters. The van der Waals surface area contributed by atoms with Gasteiger partial charge in [-0.2, -0.15) is 26.3 Å². The third-order valence-electron chi connectivity index (χ3n) is 4.51. The minimum absolute atomic E-state index is 0.0729. The fourth-order valence-electron chi connectivity index (χ4n) is 3.59. The molecule has 1 aliphatic carbocycles. The van der Waals surface area contributed by atoms with Crippen LogP contribution in [0.15, 0.2) is 22.3 Å². The largest absolute Gasteiger partial charge is 0.198 e. The van der Waals surface area contributed by atoms with E-state index in [1.165, 1.54) is 0 Å². The van der Waals surface area contributed by atoms with Gasteiger partial charge in [-0.3, -0.25) is 0 Å². The van der Waals surface area contributed by atoms with E-state index in [9.17, 15) is 0 Å². The zero-order valence-corrected chi connectivity index (χ0v) is 14.4. The van der Waals surface area contributed by atoms with Crippen molar-refractivity contribution in [3.05, 3.63) is 22.3 Å². The second-order valence-electron chi connectivity index (χ2n) is 5.89. The lowest BCUT2D eigenvalue weighted by Gasteiger charge is -2.18. The maximum atomic E-state index is 8.99. The zero-order valence-electron chi connectivity index (χ0n) is 14.4. The minimum Gasteiger partial charge on any atom is -0.198 e. The van der Waals surface area contributed by atoms with Crippen LogP contribution in [0.4, 0.5) is 0 Å². The second-order valence-corrected chi connectivity index (χ2v) is 5.89. The minimum atomic E-state index is 0.0729. The van der Waals surface area contributed by atoms with Crippen LogP contribution in [0, 0.1) is 62.6 Å². The molecule has 25 heavy (non-hydrogen) atoms. The SMILES string of the molecule is N#CCCC1=C(CCC#N)C(CCC#N)C(CCC#N)=C1CCC#N. The Morgan fingerprint density at radius 1 is 0.520 bits per heavy atom. The van der Waals surface area contributed by atoms with Crippen LogP contribution < -0.4 is 0 Å². The molecule has 0 aliphatic heterocycles. The van der Waals surface area contributed by atoms with Crippen LogP contribution in [-0.2, 0) is 0 Å². The highest BCUT2D eigenvalue weighted by Gasteiger charge is 2.31. The Morgan fingerprint density at radius 2 is 0.880 bits per heavy atom. The Morgan fingerprint density at radius 3 is 1.24 bits per heavy atom. The molecule has 0 aromatic heterocycles. The fourth-order valence-corrected chi connectivity index (χ4v) is 3.59. The number of allylic oxidation sites excluding steroid dienone is 4. The van der Waals surface area contributed by atoms with Gasteiger partial charge in [0.1, 0.15) is 0 Å². The van der Waals surface area contributed by atoms with Gasteiger partial charge in [0.15, 0.2) is 0 Å². The summed E-state index contributed by atoms with van der Waals surface area (Å²) in [6.45, 7) is 0. The van der Waals surface area contributed by atoms with E-state index in [2.05, 4.69) is 30.3 Å². The van der Waals surface area contributed by atoms with Crippen LogP contribution in [0.3, 0.4) is 0 Å². The van der Waals surface area contributed by atoms with E-state index in [4.69, 9.17) is 26.3 Å². The molecule has 0 heterocycles. The lowest BCUT2D eigenvalue weighted by molar-refractivity contribution is 0.609. The highest BCUT2D eigenvalue weighted by atomic mass is 14.4. The molecule has 0 amide bonds. The number of rotatable bonds is 10. The number of hydrogen-bond acceptors (Lipinski definition) is 5. The Labute approximate surface area is 149 Å². The Hall–Kier alpha value is -3.07. The van der Waals surface area contributed by atoms with Crippen molar-refractivity contribution in [2.75, 3.05) is 0 Å². The quantitative estimate of drug-likeness (QED) is 0.573. The summed E-state index contributed by atoms with van der Waals surface area (Å²) in [6.07, 6.45) is 5.11. The molecule has 0 N–H and O–H groups in total. The molecule has 5 heteroatoms. The molecular formula is C20H21N5. The highest BCUT2D eigenvalue weighted by Crippen LogP contribution is 2.47. The van der Waals surface area contributed by atoms with E-state index in [0.29, 0.717) is 64.2 Å². The van der Waals surface area contributed by atoms with E-state index in [0.717, 1.165) is 22.3 Å². The first kappa shape index (κ1) is 20.0. The van der Waals surface area contributed by atoms with Crippen molar-refractivity contribution in [1.29, 1.82) is 26.3 Å². The van der Waals surface area contributed by atoms with E-state index in [-0.39, 0.29) is 5.92 Å². The van der Waals surface area contributed by atoms with Crippen molar-refractivity contribution in [2.45, 2.75) is 64.2 Å². The lowest BCUT2D eigenvalue weighted by atomic mass is 9.85. The van der Waals surface area contributed by atoms with Crippen molar-refractivity contribution in [3.63, 3.8) is 0 Å². The summed E-state index contributed by atoms with van der Waals surface area (Å²) >= 11 is 0. The summed E-state index contributed by atoms with van der Waals surface area (Å²) in [6, 6.07) is 10.9. The van der Waals surface area contributed by atoms with Gasteiger partial charge in [-0.1, -0.05) is 11.1 Å². The van der Waals surface area contributed by atoms with Gasteiger partial charge < -0.3 is 0 Å². The molecule has 0 spiro atoms. The van der Waals surface area contributed by atoms with Crippen LogP contribution in [0.1, 0.15) is 64.2 Å². The second kappa shape index (κ2) is 11.5. The Kier molecular flexibility index (Phi) is 9.16. The first-order chi connectivity index (χ1) is 12.2. The van der Waals surface area contributed by atoms with Crippen LogP contribution in [0.5, 0.6) is 0 Å². The van der Waals surface area contributed by atoms with Crippen LogP contribution in [0.25, 0.3) is 0 Å². The van der Waals surface area contributed by atoms with Crippen molar-refractivity contribution < 1.29 is 0 Å². The van der Waals surface area contributed by atoms with Crippen molar-refractivity contribution >= 4 is 0 Å². The Balaban J connectivity index is 3.34. The van der Waals surface area contributed by atoms with E-state index >= 15 is 0 Å². The average molecular weight is 331 g/mol. The van der Waals surface area contributed by atoms with Crippen LogP contribution in [-0.4, -0.2) is 0 Å². The number of hydrogen-bond donors (Lipinski definition) is 0. The van der Waals surface area contributed by atoms with Crippen LogP contribution in [0.2, 0.25) is 0 Å². The van der Waals surface area contributed by atoms with Crippen molar-refractivity contribution in [1.82, 2.24) is 0 Å². The predicted octanol–water partition coefficient (Wildman–Crippen LogP) is 4.73. The summed E-state index contributed by atoms with van der Waals surface area (Å²) in [5, 5.41) is 44.9. The predicted molar refractivity (Wildman–Crippen MR) is 91.8 cm³/mol. The third kappa shape index (κ3) is 5.50. The molecule has 1 rings (SSSR count). The molecule has 0 saturated carbocycles. The summed E-state index contributed by atoms with van der Waals surface area (Å²) in [7, 11) is 0. The van der Waals surface area contributed by atoms with Gasteiger partial charge in [0, 0.05) is 38.0 Å². The molecule has 1 aliphatic rings. The molecule has 0 fully saturated rings. The first-order valence-electron chi connectivity index (χ1n) is 8.54. The number of nitrogens with zero attached hydrogens (tertiary/aromatic N) is 5. The van der Waals surface area contributed by atoms with Crippen LogP contribution >= 0.6 is 0 Å². The van der Waals surface area contributed by atoms with Gasteiger partial charge in [0.05, 0.1) is 30.3 Å². The molecular weight excluding hydrogens is 310 g/mol. The van der Waals surface area contributed by atoms with Crippen molar-refractivity contribution in [2.24, 2.45) is 5.92 Å². The van der Waals surface area contributed by atoms with Gasteiger partial charge in [-0.15, -0.1) is 0 Å². The molecule has 0 atom stereocenters. The standard InChI is InChI=1S/C20H21N5/c21-11-1-6-16-17(7-2-12-22)19(9-4-14-24)20(10-5-15-25)18(16)8-3-13-23/h16H,1-10H2. The van der Waals surface area contributed by atoms with Crippen molar-refractivity contribution in [3.8, 4) is 30.3 Å².